The second-order valence-electron chi connectivity index (χ2n) is 4.57. The first kappa shape index (κ1) is 9.10. The Labute approximate surface area is 89.7 Å². The highest BCUT2D eigenvalue weighted by atomic mass is 16.1. The molecule has 0 amide bonds. The van der Waals surface area contributed by atoms with E-state index in [1.807, 2.05) is 18.2 Å². The highest BCUT2D eigenvalue weighted by Gasteiger charge is 2.34. The van der Waals surface area contributed by atoms with E-state index in [-0.39, 0.29) is 5.92 Å². The van der Waals surface area contributed by atoms with Gasteiger partial charge >= 0.3 is 0 Å². The Balaban J connectivity index is 2.11. The zero-order valence-electron chi connectivity index (χ0n) is 8.70. The molecule has 2 nitrogen and oxygen atoms in total. The van der Waals surface area contributed by atoms with E-state index < -0.39 is 0 Å². The highest BCUT2D eigenvalue weighted by molar-refractivity contribution is 6.00. The van der Waals surface area contributed by atoms with E-state index in [4.69, 9.17) is 0 Å². The van der Waals surface area contributed by atoms with Crippen LogP contribution in [0.2, 0.25) is 0 Å². The van der Waals surface area contributed by atoms with Gasteiger partial charge in [-0.05, 0) is 30.9 Å². The van der Waals surface area contributed by atoms with Crippen molar-refractivity contribution in [1.82, 2.24) is 5.32 Å². The molecule has 1 fully saturated rings. The molecule has 1 N–H and O–H groups in total. The molecule has 2 aliphatic rings. The summed E-state index contributed by atoms with van der Waals surface area (Å²) < 4.78 is 0. The third-order valence-corrected chi connectivity index (χ3v) is 3.67. The summed E-state index contributed by atoms with van der Waals surface area (Å²) in [4.78, 5) is 12.1. The summed E-state index contributed by atoms with van der Waals surface area (Å²) in [6, 6.07) is 8.13. The van der Waals surface area contributed by atoms with E-state index in [0.717, 1.165) is 25.1 Å². The molecule has 1 aliphatic heterocycles. The summed E-state index contributed by atoms with van der Waals surface area (Å²) in [5, 5.41) is 3.36. The first-order valence-corrected chi connectivity index (χ1v) is 5.70. The molecule has 1 aromatic rings. The Hall–Kier alpha value is -1.15. The van der Waals surface area contributed by atoms with E-state index in [1.54, 1.807) is 0 Å². The van der Waals surface area contributed by atoms with Crippen molar-refractivity contribution >= 4 is 5.78 Å². The number of hydrogen-bond acceptors (Lipinski definition) is 2. The van der Waals surface area contributed by atoms with Crippen molar-refractivity contribution in [3.05, 3.63) is 35.4 Å². The zero-order chi connectivity index (χ0) is 10.3. The lowest BCUT2D eigenvalue weighted by molar-refractivity contribution is 0.0898. The van der Waals surface area contributed by atoms with Crippen molar-refractivity contribution in [2.24, 2.45) is 5.92 Å². The molecule has 0 saturated carbocycles. The van der Waals surface area contributed by atoms with Gasteiger partial charge in [-0.3, -0.25) is 4.79 Å². The van der Waals surface area contributed by atoms with Gasteiger partial charge in [-0.2, -0.15) is 0 Å². The molecule has 0 radical (unpaired) electrons. The number of benzene rings is 1. The van der Waals surface area contributed by atoms with Gasteiger partial charge in [-0.15, -0.1) is 0 Å². The quantitative estimate of drug-likeness (QED) is 0.695. The van der Waals surface area contributed by atoms with Gasteiger partial charge in [-0.1, -0.05) is 24.3 Å². The van der Waals surface area contributed by atoms with Crippen LogP contribution >= 0.6 is 0 Å². The molecule has 1 heterocycles. The molecule has 0 aromatic heterocycles. The minimum Gasteiger partial charge on any atom is -0.316 e. The molecule has 78 valence electrons. The standard InChI is InChI=1S/C13H15NO/c15-13-10-7-9(5-6-14-8-10)11-3-1-2-4-12(11)13/h1-4,9-10,14H,5-8H2. The zero-order valence-corrected chi connectivity index (χ0v) is 8.70. The van der Waals surface area contributed by atoms with Crippen LogP contribution in [-0.4, -0.2) is 18.9 Å². The van der Waals surface area contributed by atoms with Gasteiger partial charge in [0.2, 0.25) is 0 Å². The number of ketones is 1. The third-order valence-electron chi connectivity index (χ3n) is 3.67. The van der Waals surface area contributed by atoms with Crippen molar-refractivity contribution in [2.75, 3.05) is 13.1 Å². The number of Topliss-reactive ketones (excluding diaryl/α,β-unsaturated/α-hetero) is 1. The monoisotopic (exact) mass is 201 g/mol. The van der Waals surface area contributed by atoms with Crippen LogP contribution in [0.4, 0.5) is 0 Å². The predicted octanol–water partition coefficient (Wildman–Crippen LogP) is 1.97. The van der Waals surface area contributed by atoms with E-state index in [1.165, 1.54) is 12.0 Å². The molecule has 2 heteroatoms. The van der Waals surface area contributed by atoms with Gasteiger partial charge in [0, 0.05) is 18.0 Å². The average molecular weight is 201 g/mol. The molecule has 3 rings (SSSR count). The van der Waals surface area contributed by atoms with Gasteiger partial charge in [0.15, 0.2) is 5.78 Å². The summed E-state index contributed by atoms with van der Waals surface area (Å²) in [6.45, 7) is 1.91. The van der Waals surface area contributed by atoms with Crippen molar-refractivity contribution in [3.8, 4) is 0 Å². The van der Waals surface area contributed by atoms with Crippen molar-refractivity contribution in [1.29, 1.82) is 0 Å². The number of carbonyl (C=O) groups excluding carboxylic acids is 1. The maximum absolute atomic E-state index is 12.1. The van der Waals surface area contributed by atoms with Crippen LogP contribution < -0.4 is 5.32 Å². The summed E-state index contributed by atoms with van der Waals surface area (Å²) >= 11 is 0. The average Bonchev–Trinajstić information content (AvgIpc) is 2.50. The Kier molecular flexibility index (Phi) is 2.10. The SMILES string of the molecule is O=C1c2ccccc2C2CCNCC1C2. The molecule has 2 bridgehead atoms. The predicted molar refractivity (Wildman–Crippen MR) is 59.1 cm³/mol. The van der Waals surface area contributed by atoms with Crippen LogP contribution in [0.1, 0.15) is 34.7 Å². The molecule has 1 saturated heterocycles. The molecule has 2 unspecified atom stereocenters. The fourth-order valence-electron chi connectivity index (χ4n) is 2.88. The van der Waals surface area contributed by atoms with E-state index in [2.05, 4.69) is 11.4 Å². The van der Waals surface area contributed by atoms with Gasteiger partial charge in [0.1, 0.15) is 0 Å². The number of nitrogens with one attached hydrogen (secondary N) is 1. The van der Waals surface area contributed by atoms with Gasteiger partial charge in [0.25, 0.3) is 0 Å². The lowest BCUT2D eigenvalue weighted by Crippen LogP contribution is -2.29. The van der Waals surface area contributed by atoms with Crippen LogP contribution in [0.5, 0.6) is 0 Å². The van der Waals surface area contributed by atoms with Crippen LogP contribution in [0.15, 0.2) is 24.3 Å². The van der Waals surface area contributed by atoms with Crippen LogP contribution in [0, 0.1) is 5.92 Å². The molecule has 2 atom stereocenters. The summed E-state index contributed by atoms with van der Waals surface area (Å²) in [5.74, 6) is 1.16. The van der Waals surface area contributed by atoms with E-state index in [9.17, 15) is 4.79 Å². The Bertz CT molecular complexity index is 399. The van der Waals surface area contributed by atoms with Gasteiger partial charge in [0.05, 0.1) is 0 Å². The van der Waals surface area contributed by atoms with Crippen molar-refractivity contribution < 1.29 is 4.79 Å². The Morgan fingerprint density at radius 3 is 3.00 bits per heavy atom. The van der Waals surface area contributed by atoms with Gasteiger partial charge in [-0.25, -0.2) is 0 Å². The number of rotatable bonds is 0. The first-order valence-electron chi connectivity index (χ1n) is 5.70. The summed E-state index contributed by atoms with van der Waals surface area (Å²) in [5.41, 5.74) is 2.25. The minimum absolute atomic E-state index is 0.215. The molecule has 1 aromatic carbocycles. The first-order chi connectivity index (χ1) is 7.36. The second kappa shape index (κ2) is 3.46. The van der Waals surface area contributed by atoms with E-state index in [0.29, 0.717) is 11.7 Å². The summed E-state index contributed by atoms with van der Waals surface area (Å²) in [7, 11) is 0. The topological polar surface area (TPSA) is 29.1 Å². The van der Waals surface area contributed by atoms with E-state index >= 15 is 0 Å². The van der Waals surface area contributed by atoms with Crippen LogP contribution in [-0.2, 0) is 0 Å². The minimum atomic E-state index is 0.215. The van der Waals surface area contributed by atoms with Gasteiger partial charge < -0.3 is 5.32 Å². The molecular formula is C13H15NO. The Morgan fingerprint density at radius 2 is 2.07 bits per heavy atom. The molecule has 15 heavy (non-hydrogen) atoms. The smallest absolute Gasteiger partial charge is 0.167 e. The third kappa shape index (κ3) is 1.40. The molecule has 0 spiro atoms. The number of carbonyl (C=O) groups is 1. The number of fused-ring (bicyclic) bond motifs is 4. The van der Waals surface area contributed by atoms with Crippen molar-refractivity contribution in [2.45, 2.75) is 18.8 Å². The lowest BCUT2D eigenvalue weighted by Gasteiger charge is -2.27. The second-order valence-corrected chi connectivity index (χ2v) is 4.57. The maximum atomic E-state index is 12.1. The van der Waals surface area contributed by atoms with Crippen LogP contribution in [0.25, 0.3) is 0 Å². The fourth-order valence-corrected chi connectivity index (χ4v) is 2.88. The number of hydrogen-bond donors (Lipinski definition) is 1. The fraction of sp³-hybridized carbons (Fsp3) is 0.462. The normalized spacial score (nSPS) is 29.5. The largest absolute Gasteiger partial charge is 0.316 e. The maximum Gasteiger partial charge on any atom is 0.167 e. The molecule has 1 aliphatic carbocycles. The van der Waals surface area contributed by atoms with Crippen molar-refractivity contribution in [3.63, 3.8) is 0 Å². The molecular weight excluding hydrogens is 186 g/mol. The highest BCUT2D eigenvalue weighted by Crippen LogP contribution is 2.37. The van der Waals surface area contributed by atoms with Crippen LogP contribution in [0.3, 0.4) is 0 Å². The lowest BCUT2D eigenvalue weighted by atomic mass is 9.75. The summed E-state index contributed by atoms with van der Waals surface area (Å²) in [6.07, 6.45) is 2.21. The Morgan fingerprint density at radius 1 is 1.20 bits per heavy atom.